The molecule has 0 fully saturated rings. The van der Waals surface area contributed by atoms with Crippen molar-refractivity contribution >= 4 is 0 Å². The first kappa shape index (κ1) is 7.59. The maximum atomic E-state index is 3.93. The molecule has 0 amide bonds. The van der Waals surface area contributed by atoms with Crippen molar-refractivity contribution < 1.29 is 0 Å². The maximum absolute atomic E-state index is 3.93. The van der Waals surface area contributed by atoms with Crippen LogP contribution in [0.2, 0.25) is 0 Å². The molecule has 0 aliphatic heterocycles. The second kappa shape index (κ2) is 3.05. The van der Waals surface area contributed by atoms with E-state index >= 15 is 0 Å². The van der Waals surface area contributed by atoms with Crippen LogP contribution in [0.15, 0.2) is 23.8 Å². The molecule has 56 valence electrons. The Morgan fingerprint density at radius 1 is 1.80 bits per heavy atom. The van der Waals surface area contributed by atoms with Gasteiger partial charge in [0.1, 0.15) is 0 Å². The van der Waals surface area contributed by atoms with Gasteiger partial charge in [-0.05, 0) is 32.1 Å². The van der Waals surface area contributed by atoms with Crippen LogP contribution in [0.25, 0.3) is 0 Å². The predicted octanol–water partition coefficient (Wildman–Crippen LogP) is 3.31. The van der Waals surface area contributed by atoms with Gasteiger partial charge in [-0.2, -0.15) is 0 Å². The summed E-state index contributed by atoms with van der Waals surface area (Å²) in [6, 6.07) is 0. The highest BCUT2D eigenvalue weighted by Gasteiger charge is 2.09. The van der Waals surface area contributed by atoms with E-state index in [1.165, 1.54) is 24.8 Å². The summed E-state index contributed by atoms with van der Waals surface area (Å²) in [6.07, 6.45) is 6.18. The molecule has 0 radical (unpaired) electrons. The largest absolute Gasteiger partial charge is 0.0999 e. The monoisotopic (exact) mass is 136 g/mol. The summed E-state index contributed by atoms with van der Waals surface area (Å²) in [5, 5.41) is 0. The van der Waals surface area contributed by atoms with Gasteiger partial charge in [-0.15, -0.1) is 0 Å². The molecule has 0 bridgehead atoms. The van der Waals surface area contributed by atoms with Crippen LogP contribution in [-0.4, -0.2) is 0 Å². The summed E-state index contributed by atoms with van der Waals surface area (Å²) in [4.78, 5) is 0. The van der Waals surface area contributed by atoms with Gasteiger partial charge in [-0.25, -0.2) is 0 Å². The Bertz CT molecular complexity index is 163. The summed E-state index contributed by atoms with van der Waals surface area (Å²) in [6.45, 7) is 8.31. The van der Waals surface area contributed by atoms with E-state index in [0.717, 1.165) is 0 Å². The lowest BCUT2D eigenvalue weighted by Crippen LogP contribution is -1.93. The molecule has 0 saturated carbocycles. The first-order valence-corrected chi connectivity index (χ1v) is 4.03. The lowest BCUT2D eigenvalue weighted by molar-refractivity contribution is 0.617. The molecule has 1 aliphatic carbocycles. The fourth-order valence-electron chi connectivity index (χ4n) is 0.925. The lowest BCUT2D eigenvalue weighted by Gasteiger charge is -2.08. The number of rotatable bonds is 4. The lowest BCUT2D eigenvalue weighted by atomic mass is 9.98. The summed E-state index contributed by atoms with van der Waals surface area (Å²) < 4.78 is 0. The third kappa shape index (κ3) is 2.38. The molecule has 0 heterocycles. The second-order valence-electron chi connectivity index (χ2n) is 3.35. The van der Waals surface area contributed by atoms with Gasteiger partial charge in [0.15, 0.2) is 0 Å². The van der Waals surface area contributed by atoms with Crippen LogP contribution < -0.4 is 0 Å². The van der Waals surface area contributed by atoms with Gasteiger partial charge in [0.2, 0.25) is 0 Å². The van der Waals surface area contributed by atoms with Crippen LogP contribution in [0.5, 0.6) is 0 Å². The summed E-state index contributed by atoms with van der Waals surface area (Å²) in [5.74, 6) is 0.710. The van der Waals surface area contributed by atoms with Gasteiger partial charge in [-0.1, -0.05) is 30.7 Å². The minimum atomic E-state index is 0.710. The zero-order chi connectivity index (χ0) is 7.56. The van der Waals surface area contributed by atoms with E-state index < -0.39 is 0 Å². The van der Waals surface area contributed by atoms with Crippen LogP contribution in [0, 0.1) is 5.92 Å². The first-order chi connectivity index (χ1) is 4.70. The van der Waals surface area contributed by atoms with E-state index in [2.05, 4.69) is 26.5 Å². The van der Waals surface area contributed by atoms with Crippen molar-refractivity contribution in [2.45, 2.75) is 33.1 Å². The Hall–Kier alpha value is -0.520. The van der Waals surface area contributed by atoms with Gasteiger partial charge in [0, 0.05) is 0 Å². The molecule has 1 rings (SSSR count). The van der Waals surface area contributed by atoms with E-state index in [-0.39, 0.29) is 0 Å². The molecule has 0 saturated heterocycles. The Balaban J connectivity index is 2.11. The van der Waals surface area contributed by atoms with Crippen molar-refractivity contribution in [1.82, 2.24) is 0 Å². The van der Waals surface area contributed by atoms with E-state index in [1.807, 2.05) is 0 Å². The maximum Gasteiger partial charge on any atom is -0.0136 e. The average Bonchev–Trinajstić information content (AvgIpc) is 2.64. The van der Waals surface area contributed by atoms with Gasteiger partial charge in [0.25, 0.3) is 0 Å². The SMILES string of the molecule is C=C(C)C(C)CCC1=CC1. The number of hydrogen-bond acceptors (Lipinski definition) is 0. The third-order valence-electron chi connectivity index (χ3n) is 2.23. The van der Waals surface area contributed by atoms with Gasteiger partial charge in [0.05, 0.1) is 0 Å². The van der Waals surface area contributed by atoms with E-state index in [9.17, 15) is 0 Å². The summed E-state index contributed by atoms with van der Waals surface area (Å²) >= 11 is 0. The van der Waals surface area contributed by atoms with Crippen LogP contribution >= 0.6 is 0 Å². The van der Waals surface area contributed by atoms with Crippen LogP contribution in [0.4, 0.5) is 0 Å². The minimum Gasteiger partial charge on any atom is -0.0999 e. The molecule has 0 spiro atoms. The third-order valence-corrected chi connectivity index (χ3v) is 2.23. The predicted molar refractivity (Wildman–Crippen MR) is 45.9 cm³/mol. The molecule has 0 aromatic heterocycles. The molecule has 1 unspecified atom stereocenters. The zero-order valence-electron chi connectivity index (χ0n) is 6.98. The standard InChI is InChI=1S/C10H16/c1-8(2)9(3)4-5-10-6-7-10/h6,9H,1,4-5,7H2,2-3H3. The van der Waals surface area contributed by atoms with Crippen LogP contribution in [0.3, 0.4) is 0 Å². The highest BCUT2D eigenvalue weighted by Crippen LogP contribution is 2.27. The minimum absolute atomic E-state index is 0.710. The summed E-state index contributed by atoms with van der Waals surface area (Å²) in [7, 11) is 0. The van der Waals surface area contributed by atoms with Crippen molar-refractivity contribution in [3.63, 3.8) is 0 Å². The van der Waals surface area contributed by atoms with E-state index in [4.69, 9.17) is 0 Å². The highest BCUT2D eigenvalue weighted by molar-refractivity contribution is 5.21. The number of allylic oxidation sites excluding steroid dienone is 3. The van der Waals surface area contributed by atoms with Crippen LogP contribution in [0.1, 0.15) is 33.1 Å². The Morgan fingerprint density at radius 3 is 2.80 bits per heavy atom. The average molecular weight is 136 g/mol. The Kier molecular flexibility index (Phi) is 2.31. The molecule has 0 nitrogen and oxygen atoms in total. The normalized spacial score (nSPS) is 18.0. The van der Waals surface area contributed by atoms with Gasteiger partial charge < -0.3 is 0 Å². The Labute approximate surface area is 63.6 Å². The zero-order valence-corrected chi connectivity index (χ0v) is 6.98. The van der Waals surface area contributed by atoms with E-state index in [1.54, 1.807) is 5.57 Å². The molecule has 10 heavy (non-hydrogen) atoms. The van der Waals surface area contributed by atoms with E-state index in [0.29, 0.717) is 5.92 Å². The number of hydrogen-bond donors (Lipinski definition) is 0. The molecule has 0 N–H and O–H groups in total. The van der Waals surface area contributed by atoms with Gasteiger partial charge >= 0.3 is 0 Å². The Morgan fingerprint density at radius 2 is 2.40 bits per heavy atom. The van der Waals surface area contributed by atoms with Crippen molar-refractivity contribution in [1.29, 1.82) is 0 Å². The van der Waals surface area contributed by atoms with Crippen molar-refractivity contribution in [2.24, 2.45) is 5.92 Å². The molecule has 0 heteroatoms. The topological polar surface area (TPSA) is 0 Å². The second-order valence-corrected chi connectivity index (χ2v) is 3.35. The smallest absolute Gasteiger partial charge is 0.0136 e. The molecule has 0 aromatic rings. The fourth-order valence-corrected chi connectivity index (χ4v) is 0.925. The highest BCUT2D eigenvalue weighted by atomic mass is 14.1. The first-order valence-electron chi connectivity index (χ1n) is 4.03. The fraction of sp³-hybridized carbons (Fsp3) is 0.600. The molecule has 0 aromatic carbocycles. The van der Waals surface area contributed by atoms with Crippen molar-refractivity contribution in [2.75, 3.05) is 0 Å². The molecule has 1 atom stereocenters. The summed E-state index contributed by atoms with van der Waals surface area (Å²) in [5.41, 5.74) is 2.97. The molecular formula is C10H16. The van der Waals surface area contributed by atoms with Crippen molar-refractivity contribution in [3.05, 3.63) is 23.8 Å². The van der Waals surface area contributed by atoms with Gasteiger partial charge in [-0.3, -0.25) is 0 Å². The quantitative estimate of drug-likeness (QED) is 0.520. The molecular weight excluding hydrogens is 120 g/mol. The van der Waals surface area contributed by atoms with Crippen LogP contribution in [-0.2, 0) is 0 Å². The molecule has 1 aliphatic rings. The van der Waals surface area contributed by atoms with Crippen molar-refractivity contribution in [3.8, 4) is 0 Å².